The Morgan fingerprint density at radius 1 is 1.13 bits per heavy atom. The number of amides is 1. The minimum absolute atomic E-state index is 0.0659. The lowest BCUT2D eigenvalue weighted by atomic mass is 10.2. The van der Waals surface area contributed by atoms with Crippen LogP contribution in [0.1, 0.15) is 13.8 Å². The molecule has 1 N–H and O–H groups in total. The van der Waals surface area contributed by atoms with E-state index in [1.807, 2.05) is 19.9 Å². The number of alkyl halides is 2. The molecular weight excluding hydrogens is 428 g/mol. The molecule has 0 saturated carbocycles. The predicted octanol–water partition coefficient (Wildman–Crippen LogP) is 5.10. The molecule has 3 rings (SSSR count). The van der Waals surface area contributed by atoms with Gasteiger partial charge in [-0.1, -0.05) is 49.5 Å². The number of carbonyl (C=O) groups is 1. The van der Waals surface area contributed by atoms with Crippen molar-refractivity contribution in [1.29, 1.82) is 0 Å². The van der Waals surface area contributed by atoms with Crippen LogP contribution in [0.5, 0.6) is 0 Å². The molecule has 2 aromatic carbocycles. The predicted molar refractivity (Wildman–Crippen MR) is 118 cm³/mol. The first-order chi connectivity index (χ1) is 14.3. The zero-order valence-electron chi connectivity index (χ0n) is 16.5. The fourth-order valence-electron chi connectivity index (χ4n) is 2.83. The van der Waals surface area contributed by atoms with Crippen LogP contribution in [0.2, 0.25) is 0 Å². The molecule has 30 heavy (non-hydrogen) atoms. The minimum atomic E-state index is -2.49. The van der Waals surface area contributed by atoms with Crippen LogP contribution in [-0.4, -0.2) is 27.0 Å². The smallest absolute Gasteiger partial charge is 0.288 e. The van der Waals surface area contributed by atoms with Crippen molar-refractivity contribution in [3.63, 3.8) is 0 Å². The molecule has 158 valence electrons. The van der Waals surface area contributed by atoms with E-state index in [2.05, 4.69) is 10.3 Å². The third-order valence-corrected chi connectivity index (χ3v) is 5.77. The number of benzene rings is 2. The van der Waals surface area contributed by atoms with Crippen molar-refractivity contribution in [2.75, 3.05) is 11.1 Å². The van der Waals surface area contributed by atoms with Crippen molar-refractivity contribution in [2.24, 2.45) is 5.92 Å². The summed E-state index contributed by atoms with van der Waals surface area (Å²) in [6.07, 6.45) is 0. The van der Waals surface area contributed by atoms with Crippen LogP contribution in [0.4, 0.5) is 14.5 Å². The van der Waals surface area contributed by atoms with Gasteiger partial charge in [0.05, 0.1) is 16.7 Å². The van der Waals surface area contributed by atoms with Crippen LogP contribution in [-0.2, 0) is 11.3 Å². The van der Waals surface area contributed by atoms with Crippen molar-refractivity contribution in [2.45, 2.75) is 36.2 Å². The van der Waals surface area contributed by atoms with E-state index < -0.39 is 5.76 Å². The lowest BCUT2D eigenvalue weighted by molar-refractivity contribution is -0.113. The number of nitrogens with one attached hydrogen (secondary N) is 1. The average molecular weight is 450 g/mol. The highest BCUT2D eigenvalue weighted by atomic mass is 32.2. The molecule has 0 unspecified atom stereocenters. The van der Waals surface area contributed by atoms with Gasteiger partial charge in [-0.05, 0) is 42.3 Å². The summed E-state index contributed by atoms with van der Waals surface area (Å²) in [6, 6.07) is 13.4. The van der Waals surface area contributed by atoms with E-state index in [-0.39, 0.29) is 23.1 Å². The van der Waals surface area contributed by atoms with Gasteiger partial charge in [-0.2, -0.15) is 8.78 Å². The van der Waals surface area contributed by atoms with Crippen LogP contribution in [0.15, 0.2) is 63.4 Å². The normalized spacial score (nSPS) is 11.4. The van der Waals surface area contributed by atoms with Gasteiger partial charge in [0.25, 0.3) is 11.3 Å². The Labute approximate surface area is 181 Å². The molecule has 9 heteroatoms. The molecule has 1 heterocycles. The summed E-state index contributed by atoms with van der Waals surface area (Å²) < 4.78 is 26.4. The number of thioether (sulfide) groups is 2. The minimum Gasteiger partial charge on any atom is -0.325 e. The number of para-hydroxylation sites is 1. The number of carbonyl (C=O) groups excluding carboxylic acids is 1. The molecule has 0 fully saturated rings. The summed E-state index contributed by atoms with van der Waals surface area (Å²) in [5.41, 5.74) is 0.993. The first-order valence-electron chi connectivity index (χ1n) is 9.30. The van der Waals surface area contributed by atoms with Crippen molar-refractivity contribution in [3.05, 3.63) is 58.9 Å². The molecular formula is C21H21F2N3O2S2. The van der Waals surface area contributed by atoms with Crippen molar-refractivity contribution >= 4 is 46.0 Å². The lowest BCUT2D eigenvalue weighted by Crippen LogP contribution is -2.26. The monoisotopic (exact) mass is 449 g/mol. The number of hydrogen-bond acceptors (Lipinski definition) is 5. The van der Waals surface area contributed by atoms with Gasteiger partial charge >= 0.3 is 0 Å². The Morgan fingerprint density at radius 2 is 1.83 bits per heavy atom. The summed E-state index contributed by atoms with van der Waals surface area (Å²) in [5.74, 6) is -2.45. The van der Waals surface area contributed by atoms with Gasteiger partial charge < -0.3 is 5.32 Å². The average Bonchev–Trinajstić information content (AvgIpc) is 2.70. The SMILES string of the molecule is CC(C)Cn1c(SCC(=O)Nc2ccc(SC(F)F)cc2)nc2ccccc2c1=O. The van der Waals surface area contributed by atoms with Gasteiger partial charge in [0, 0.05) is 17.1 Å². The molecule has 0 atom stereocenters. The summed E-state index contributed by atoms with van der Waals surface area (Å²) in [7, 11) is 0. The van der Waals surface area contributed by atoms with E-state index in [0.717, 1.165) is 0 Å². The van der Waals surface area contributed by atoms with E-state index in [9.17, 15) is 18.4 Å². The molecule has 5 nitrogen and oxygen atoms in total. The topological polar surface area (TPSA) is 64.0 Å². The molecule has 0 saturated heterocycles. The van der Waals surface area contributed by atoms with E-state index in [4.69, 9.17) is 0 Å². The van der Waals surface area contributed by atoms with Gasteiger partial charge in [0.15, 0.2) is 5.16 Å². The second-order valence-electron chi connectivity index (χ2n) is 6.96. The number of hydrogen-bond donors (Lipinski definition) is 1. The number of anilines is 1. The highest BCUT2D eigenvalue weighted by Crippen LogP contribution is 2.26. The van der Waals surface area contributed by atoms with E-state index >= 15 is 0 Å². The third-order valence-electron chi connectivity index (χ3n) is 4.07. The second kappa shape index (κ2) is 10.1. The molecule has 3 aromatic rings. The quantitative estimate of drug-likeness (QED) is 0.383. The van der Waals surface area contributed by atoms with Gasteiger partial charge in [-0.25, -0.2) is 4.98 Å². The number of nitrogens with zero attached hydrogens (tertiary/aromatic N) is 2. The first kappa shape index (κ1) is 22.3. The summed E-state index contributed by atoms with van der Waals surface area (Å²) >= 11 is 1.64. The molecule has 0 aliphatic carbocycles. The van der Waals surface area contributed by atoms with Gasteiger partial charge in [-0.15, -0.1) is 0 Å². The Morgan fingerprint density at radius 3 is 2.50 bits per heavy atom. The lowest BCUT2D eigenvalue weighted by Gasteiger charge is -2.15. The maximum atomic E-state index is 12.9. The number of rotatable bonds is 8. The van der Waals surface area contributed by atoms with Gasteiger partial charge in [0.2, 0.25) is 5.91 Å². The third kappa shape index (κ3) is 5.82. The Hall–Kier alpha value is -2.39. The van der Waals surface area contributed by atoms with Crippen molar-refractivity contribution in [3.8, 4) is 0 Å². The number of fused-ring (bicyclic) bond motifs is 1. The van der Waals surface area contributed by atoms with Crippen LogP contribution >= 0.6 is 23.5 Å². The first-order valence-corrected chi connectivity index (χ1v) is 11.2. The van der Waals surface area contributed by atoms with Crippen LogP contribution < -0.4 is 10.9 Å². The number of halogens is 2. The van der Waals surface area contributed by atoms with Crippen molar-refractivity contribution in [1.82, 2.24) is 9.55 Å². The Balaban J connectivity index is 1.72. The Kier molecular flexibility index (Phi) is 7.49. The summed E-state index contributed by atoms with van der Waals surface area (Å²) in [6.45, 7) is 4.53. The zero-order chi connectivity index (χ0) is 21.7. The highest BCUT2D eigenvalue weighted by Gasteiger charge is 2.14. The second-order valence-corrected chi connectivity index (χ2v) is 8.97. The largest absolute Gasteiger partial charge is 0.325 e. The highest BCUT2D eigenvalue weighted by molar-refractivity contribution is 8.00. The summed E-state index contributed by atoms with van der Waals surface area (Å²) in [4.78, 5) is 30.2. The fraction of sp³-hybridized carbons (Fsp3) is 0.286. The molecule has 1 aromatic heterocycles. The molecule has 0 aliphatic heterocycles. The van der Waals surface area contributed by atoms with Gasteiger partial charge in [-0.3, -0.25) is 14.2 Å². The van der Waals surface area contributed by atoms with Crippen LogP contribution in [0.25, 0.3) is 10.9 Å². The number of aromatic nitrogens is 2. The standard InChI is InChI=1S/C21H21F2N3O2S2/c1-13(2)11-26-19(28)16-5-3-4-6-17(16)25-21(26)29-12-18(27)24-14-7-9-15(10-8-14)30-20(22)23/h3-10,13,20H,11-12H2,1-2H3,(H,24,27). The van der Waals surface area contributed by atoms with E-state index in [1.54, 1.807) is 34.9 Å². The summed E-state index contributed by atoms with van der Waals surface area (Å²) in [5, 5.41) is 3.77. The maximum Gasteiger partial charge on any atom is 0.288 e. The molecule has 0 spiro atoms. The van der Waals surface area contributed by atoms with Crippen molar-refractivity contribution < 1.29 is 13.6 Å². The zero-order valence-corrected chi connectivity index (χ0v) is 18.1. The molecule has 0 radical (unpaired) electrons. The van der Waals surface area contributed by atoms with Crippen LogP contribution in [0, 0.1) is 5.92 Å². The van der Waals surface area contributed by atoms with Gasteiger partial charge in [0.1, 0.15) is 0 Å². The Bertz CT molecular complexity index is 1090. The molecule has 0 aliphatic rings. The molecule has 1 amide bonds. The van der Waals surface area contributed by atoms with E-state index in [1.165, 1.54) is 23.9 Å². The maximum absolute atomic E-state index is 12.9. The fourth-order valence-corrected chi connectivity index (χ4v) is 4.14. The van der Waals surface area contributed by atoms with E-state index in [0.29, 0.717) is 44.9 Å². The molecule has 0 bridgehead atoms. The van der Waals surface area contributed by atoms with Crippen LogP contribution in [0.3, 0.4) is 0 Å².